The molecule has 0 saturated heterocycles. The lowest BCUT2D eigenvalue weighted by atomic mass is 10.3. The largest absolute Gasteiger partial charge is 0.491 e. The molecule has 15 heavy (non-hydrogen) atoms. The zero-order chi connectivity index (χ0) is 10.2. The molecule has 0 amide bonds. The number of hydrogen-bond acceptors (Lipinski definition) is 2. The molecule has 1 aliphatic rings. The lowest BCUT2D eigenvalue weighted by molar-refractivity contribution is 0.277. The SMILES string of the molecule is Cl.NC1(COc2ccc(F)cc2I)CC1. The first kappa shape index (κ1) is 13.0. The fourth-order valence-electron chi connectivity index (χ4n) is 1.12. The minimum absolute atomic E-state index is 0. The summed E-state index contributed by atoms with van der Waals surface area (Å²) in [5.41, 5.74) is 5.75. The molecule has 0 bridgehead atoms. The van der Waals surface area contributed by atoms with E-state index in [0.29, 0.717) is 12.4 Å². The molecule has 0 radical (unpaired) electrons. The normalized spacial score (nSPS) is 16.7. The Morgan fingerprint density at radius 2 is 2.13 bits per heavy atom. The standard InChI is InChI=1S/C10H11FINO.ClH/c11-7-1-2-9(8(12)5-7)14-6-10(13)3-4-10;/h1-2,5H,3-4,6,13H2;1H. The van der Waals surface area contributed by atoms with Crippen LogP contribution in [0.1, 0.15) is 12.8 Å². The molecule has 1 saturated carbocycles. The van der Waals surface area contributed by atoms with Crippen LogP contribution in [0.15, 0.2) is 18.2 Å². The summed E-state index contributed by atoms with van der Waals surface area (Å²) >= 11 is 2.05. The Labute approximate surface area is 108 Å². The molecule has 0 aliphatic heterocycles. The fourth-order valence-corrected chi connectivity index (χ4v) is 1.75. The summed E-state index contributed by atoms with van der Waals surface area (Å²) in [6.45, 7) is 0.522. The zero-order valence-corrected chi connectivity index (χ0v) is 11.0. The average Bonchev–Trinajstić information content (AvgIpc) is 2.83. The highest BCUT2D eigenvalue weighted by Gasteiger charge is 2.39. The van der Waals surface area contributed by atoms with Gasteiger partial charge in [0.1, 0.15) is 18.2 Å². The van der Waals surface area contributed by atoms with Crippen LogP contribution < -0.4 is 10.5 Å². The number of ether oxygens (including phenoxy) is 1. The first-order valence-corrected chi connectivity index (χ1v) is 5.54. The molecule has 0 atom stereocenters. The van der Waals surface area contributed by atoms with Gasteiger partial charge in [-0.05, 0) is 53.6 Å². The molecule has 1 aliphatic carbocycles. The summed E-state index contributed by atoms with van der Waals surface area (Å²) < 4.78 is 19.1. The number of nitrogens with two attached hydrogens (primary N) is 1. The molecule has 2 N–H and O–H groups in total. The zero-order valence-electron chi connectivity index (χ0n) is 8.00. The third-order valence-corrected chi connectivity index (χ3v) is 3.14. The van der Waals surface area contributed by atoms with Gasteiger partial charge in [-0.15, -0.1) is 12.4 Å². The van der Waals surface area contributed by atoms with Gasteiger partial charge in [-0.2, -0.15) is 0 Å². The third-order valence-electron chi connectivity index (χ3n) is 2.30. The van der Waals surface area contributed by atoms with Gasteiger partial charge < -0.3 is 10.5 Å². The van der Waals surface area contributed by atoms with Crippen molar-refractivity contribution >= 4 is 35.0 Å². The number of rotatable bonds is 3. The lowest BCUT2D eigenvalue weighted by Crippen LogP contribution is -2.29. The number of hydrogen-bond donors (Lipinski definition) is 1. The van der Waals surface area contributed by atoms with Crippen molar-refractivity contribution in [2.75, 3.05) is 6.61 Å². The van der Waals surface area contributed by atoms with E-state index in [-0.39, 0.29) is 23.8 Å². The predicted octanol–water partition coefficient (Wildman–Crippen LogP) is 2.72. The van der Waals surface area contributed by atoms with E-state index in [4.69, 9.17) is 10.5 Å². The van der Waals surface area contributed by atoms with Gasteiger partial charge in [0.05, 0.1) is 9.11 Å². The molecule has 84 valence electrons. The number of benzene rings is 1. The Hall–Kier alpha value is -0.0700. The van der Waals surface area contributed by atoms with E-state index in [1.54, 1.807) is 6.07 Å². The summed E-state index contributed by atoms with van der Waals surface area (Å²) in [6, 6.07) is 4.49. The van der Waals surface area contributed by atoms with E-state index < -0.39 is 0 Å². The predicted molar refractivity (Wildman–Crippen MR) is 68.0 cm³/mol. The van der Waals surface area contributed by atoms with Crippen molar-refractivity contribution in [2.45, 2.75) is 18.4 Å². The molecule has 1 fully saturated rings. The van der Waals surface area contributed by atoms with Crippen LogP contribution in [0.4, 0.5) is 4.39 Å². The average molecular weight is 344 g/mol. The maximum absolute atomic E-state index is 12.7. The van der Waals surface area contributed by atoms with Gasteiger partial charge in [0.15, 0.2) is 0 Å². The van der Waals surface area contributed by atoms with Gasteiger partial charge in [0.25, 0.3) is 0 Å². The van der Waals surface area contributed by atoms with Gasteiger partial charge >= 0.3 is 0 Å². The first-order valence-electron chi connectivity index (χ1n) is 4.46. The Morgan fingerprint density at radius 1 is 1.47 bits per heavy atom. The van der Waals surface area contributed by atoms with E-state index in [1.165, 1.54) is 12.1 Å². The van der Waals surface area contributed by atoms with Crippen molar-refractivity contribution in [2.24, 2.45) is 5.73 Å². The van der Waals surface area contributed by atoms with Crippen molar-refractivity contribution < 1.29 is 9.13 Å². The maximum atomic E-state index is 12.7. The molecular weight excluding hydrogens is 331 g/mol. The smallest absolute Gasteiger partial charge is 0.132 e. The van der Waals surface area contributed by atoms with Crippen LogP contribution in [0.25, 0.3) is 0 Å². The second kappa shape index (κ2) is 4.84. The first-order chi connectivity index (χ1) is 6.59. The van der Waals surface area contributed by atoms with E-state index in [0.717, 1.165) is 16.4 Å². The molecule has 0 heterocycles. The molecule has 0 unspecified atom stereocenters. The molecule has 0 spiro atoms. The molecule has 1 aromatic rings. The van der Waals surface area contributed by atoms with Crippen LogP contribution in [-0.4, -0.2) is 12.1 Å². The van der Waals surface area contributed by atoms with Gasteiger partial charge in [-0.25, -0.2) is 4.39 Å². The molecule has 1 aromatic carbocycles. The highest BCUT2D eigenvalue weighted by Crippen LogP contribution is 2.33. The highest BCUT2D eigenvalue weighted by molar-refractivity contribution is 14.1. The van der Waals surface area contributed by atoms with E-state index in [1.807, 2.05) is 0 Å². The minimum atomic E-state index is -0.240. The molecular formula is C10H12ClFINO. The van der Waals surface area contributed by atoms with Gasteiger partial charge in [0.2, 0.25) is 0 Å². The van der Waals surface area contributed by atoms with Crippen molar-refractivity contribution in [1.29, 1.82) is 0 Å². The second-order valence-corrected chi connectivity index (χ2v) is 4.89. The Kier molecular flexibility index (Phi) is 4.20. The summed E-state index contributed by atoms with van der Waals surface area (Å²) in [7, 11) is 0. The second-order valence-electron chi connectivity index (χ2n) is 3.73. The summed E-state index contributed by atoms with van der Waals surface area (Å²) in [6.07, 6.45) is 2.04. The van der Waals surface area contributed by atoms with Crippen molar-refractivity contribution in [3.8, 4) is 5.75 Å². The van der Waals surface area contributed by atoms with E-state index in [9.17, 15) is 4.39 Å². The van der Waals surface area contributed by atoms with Gasteiger partial charge in [0, 0.05) is 0 Å². The molecule has 5 heteroatoms. The van der Waals surface area contributed by atoms with E-state index >= 15 is 0 Å². The number of halogens is 3. The van der Waals surface area contributed by atoms with Crippen LogP contribution in [0.2, 0.25) is 0 Å². The monoisotopic (exact) mass is 343 g/mol. The summed E-state index contributed by atoms with van der Waals surface area (Å²) in [5, 5.41) is 0. The fraction of sp³-hybridized carbons (Fsp3) is 0.400. The van der Waals surface area contributed by atoms with Gasteiger partial charge in [-0.3, -0.25) is 0 Å². The Balaban J connectivity index is 0.00000112. The molecule has 2 rings (SSSR count). The summed E-state index contributed by atoms with van der Waals surface area (Å²) in [4.78, 5) is 0. The van der Waals surface area contributed by atoms with Crippen molar-refractivity contribution in [3.63, 3.8) is 0 Å². The van der Waals surface area contributed by atoms with E-state index in [2.05, 4.69) is 22.6 Å². The summed E-state index contributed by atoms with van der Waals surface area (Å²) in [5.74, 6) is 0.472. The highest BCUT2D eigenvalue weighted by atomic mass is 127. The van der Waals surface area contributed by atoms with Gasteiger partial charge in [-0.1, -0.05) is 0 Å². The Morgan fingerprint density at radius 3 is 2.67 bits per heavy atom. The van der Waals surface area contributed by atoms with Crippen LogP contribution in [-0.2, 0) is 0 Å². The third kappa shape index (κ3) is 3.46. The van der Waals surface area contributed by atoms with Crippen LogP contribution in [0.5, 0.6) is 5.75 Å². The quantitative estimate of drug-likeness (QED) is 0.857. The maximum Gasteiger partial charge on any atom is 0.132 e. The van der Waals surface area contributed by atoms with Crippen LogP contribution in [0.3, 0.4) is 0 Å². The Bertz CT molecular complexity index is 357. The van der Waals surface area contributed by atoms with Crippen LogP contribution in [0, 0.1) is 9.39 Å². The van der Waals surface area contributed by atoms with Crippen molar-refractivity contribution in [1.82, 2.24) is 0 Å². The minimum Gasteiger partial charge on any atom is -0.491 e. The molecule has 2 nitrogen and oxygen atoms in total. The molecule has 0 aromatic heterocycles. The lowest BCUT2D eigenvalue weighted by Gasteiger charge is -2.12. The van der Waals surface area contributed by atoms with Crippen molar-refractivity contribution in [3.05, 3.63) is 27.6 Å². The van der Waals surface area contributed by atoms with Crippen LogP contribution >= 0.6 is 35.0 Å². The topological polar surface area (TPSA) is 35.2 Å².